The van der Waals surface area contributed by atoms with Gasteiger partial charge in [0.2, 0.25) is 6.17 Å². The van der Waals surface area contributed by atoms with Gasteiger partial charge in [-0.15, -0.1) is 0 Å². The molecule has 0 spiro atoms. The lowest BCUT2D eigenvalue weighted by molar-refractivity contribution is -0.149. The fourth-order valence-corrected chi connectivity index (χ4v) is 1.31. The quantitative estimate of drug-likeness (QED) is 0.787. The summed E-state index contributed by atoms with van der Waals surface area (Å²) in [6.07, 6.45) is -2.14. The summed E-state index contributed by atoms with van der Waals surface area (Å²) in [5.41, 5.74) is 5.23. The lowest BCUT2D eigenvalue weighted by Crippen LogP contribution is -2.32. The van der Waals surface area contributed by atoms with Crippen LogP contribution < -0.4 is 5.73 Å². The Hall–Kier alpha value is -1.69. The van der Waals surface area contributed by atoms with Crippen molar-refractivity contribution in [2.45, 2.75) is 19.1 Å². The monoisotopic (exact) mass is 245 g/mol. The van der Waals surface area contributed by atoms with E-state index < -0.39 is 24.0 Å². The second-order valence-corrected chi connectivity index (χ2v) is 3.39. The third kappa shape index (κ3) is 3.13. The molecule has 0 saturated carbocycles. The summed E-state index contributed by atoms with van der Waals surface area (Å²) in [5, 5.41) is 8.99. The molecule has 1 aromatic rings. The van der Waals surface area contributed by atoms with Crippen LogP contribution >= 0.6 is 0 Å². The van der Waals surface area contributed by atoms with Gasteiger partial charge in [-0.3, -0.25) is 0 Å². The number of benzene rings is 1. The van der Waals surface area contributed by atoms with Crippen LogP contribution in [-0.4, -0.2) is 23.9 Å². The van der Waals surface area contributed by atoms with Gasteiger partial charge in [0.1, 0.15) is 11.6 Å². The standard InChI is InChI=1S/C11H13F2NO3/c1-2-17-11(16)9(13)10(14)7-4-3-6(15)5-8(7)12/h3-5,9-10,15H,2,14H2,1H3/t9?,10-/m0/s1. The highest BCUT2D eigenvalue weighted by Gasteiger charge is 2.29. The highest BCUT2D eigenvalue weighted by molar-refractivity contribution is 5.75. The van der Waals surface area contributed by atoms with E-state index in [2.05, 4.69) is 4.74 Å². The molecule has 0 radical (unpaired) electrons. The van der Waals surface area contributed by atoms with Gasteiger partial charge in [-0.1, -0.05) is 6.07 Å². The number of carbonyl (C=O) groups excluding carboxylic acids is 1. The van der Waals surface area contributed by atoms with Crippen molar-refractivity contribution >= 4 is 5.97 Å². The first-order chi connectivity index (χ1) is 7.97. The summed E-state index contributed by atoms with van der Waals surface area (Å²) in [4.78, 5) is 11.1. The van der Waals surface area contributed by atoms with Gasteiger partial charge >= 0.3 is 5.97 Å². The van der Waals surface area contributed by atoms with Crippen LogP contribution in [0.1, 0.15) is 18.5 Å². The Balaban J connectivity index is 2.88. The van der Waals surface area contributed by atoms with Crippen molar-refractivity contribution in [2.75, 3.05) is 6.61 Å². The molecule has 3 N–H and O–H groups in total. The zero-order valence-electron chi connectivity index (χ0n) is 9.19. The van der Waals surface area contributed by atoms with E-state index in [9.17, 15) is 13.6 Å². The molecule has 0 amide bonds. The Bertz CT molecular complexity index is 412. The molecule has 17 heavy (non-hydrogen) atoms. The first-order valence-corrected chi connectivity index (χ1v) is 5.02. The molecule has 1 unspecified atom stereocenters. The number of aromatic hydroxyl groups is 1. The Morgan fingerprint density at radius 1 is 1.59 bits per heavy atom. The maximum Gasteiger partial charge on any atom is 0.342 e. The Morgan fingerprint density at radius 3 is 2.76 bits per heavy atom. The number of ether oxygens (including phenoxy) is 1. The summed E-state index contributed by atoms with van der Waals surface area (Å²) in [6, 6.07) is 1.62. The van der Waals surface area contributed by atoms with Crippen molar-refractivity contribution in [3.8, 4) is 5.75 Å². The lowest BCUT2D eigenvalue weighted by Gasteiger charge is -2.16. The topological polar surface area (TPSA) is 72.5 Å². The minimum atomic E-state index is -2.14. The van der Waals surface area contributed by atoms with Gasteiger partial charge in [-0.25, -0.2) is 13.6 Å². The number of carbonyl (C=O) groups is 1. The van der Waals surface area contributed by atoms with Crippen LogP contribution in [0.25, 0.3) is 0 Å². The summed E-state index contributed by atoms with van der Waals surface area (Å²) in [6.45, 7) is 1.54. The highest BCUT2D eigenvalue weighted by atomic mass is 19.1. The highest BCUT2D eigenvalue weighted by Crippen LogP contribution is 2.23. The summed E-state index contributed by atoms with van der Waals surface area (Å²) >= 11 is 0. The average molecular weight is 245 g/mol. The molecule has 0 aliphatic heterocycles. The third-order valence-electron chi connectivity index (χ3n) is 2.17. The first-order valence-electron chi connectivity index (χ1n) is 5.02. The van der Waals surface area contributed by atoms with E-state index in [1.165, 1.54) is 6.92 Å². The molecular formula is C11H13F2NO3. The first kappa shape index (κ1) is 13.4. The number of halogens is 2. The molecule has 94 valence electrons. The van der Waals surface area contributed by atoms with Crippen molar-refractivity contribution in [1.82, 2.24) is 0 Å². The van der Waals surface area contributed by atoms with Crippen LogP contribution in [0, 0.1) is 5.82 Å². The predicted molar refractivity (Wildman–Crippen MR) is 56.5 cm³/mol. The lowest BCUT2D eigenvalue weighted by atomic mass is 10.0. The van der Waals surface area contributed by atoms with Crippen LogP contribution in [-0.2, 0) is 9.53 Å². The number of hydrogen-bond donors (Lipinski definition) is 2. The number of alkyl halides is 1. The predicted octanol–water partition coefficient (Wildman–Crippen LogP) is 1.43. The molecule has 0 aliphatic rings. The zero-order valence-corrected chi connectivity index (χ0v) is 9.19. The van der Waals surface area contributed by atoms with Gasteiger partial charge in [0.05, 0.1) is 12.6 Å². The molecular weight excluding hydrogens is 232 g/mol. The number of phenolic OH excluding ortho intramolecular Hbond substituents is 1. The van der Waals surface area contributed by atoms with Crippen molar-refractivity contribution in [3.05, 3.63) is 29.6 Å². The maximum absolute atomic E-state index is 13.5. The third-order valence-corrected chi connectivity index (χ3v) is 2.17. The average Bonchev–Trinajstić information content (AvgIpc) is 2.27. The minimum Gasteiger partial charge on any atom is -0.508 e. The van der Waals surface area contributed by atoms with Crippen LogP contribution in [0.15, 0.2) is 18.2 Å². The fourth-order valence-electron chi connectivity index (χ4n) is 1.31. The normalized spacial score (nSPS) is 14.1. The van der Waals surface area contributed by atoms with Crippen LogP contribution in [0.4, 0.5) is 8.78 Å². The van der Waals surface area contributed by atoms with Crippen molar-refractivity contribution < 1.29 is 23.4 Å². The van der Waals surface area contributed by atoms with Gasteiger partial charge in [0.15, 0.2) is 0 Å². The van der Waals surface area contributed by atoms with Crippen molar-refractivity contribution in [1.29, 1.82) is 0 Å². The van der Waals surface area contributed by atoms with E-state index in [1.54, 1.807) is 0 Å². The van der Waals surface area contributed by atoms with Crippen LogP contribution in [0.3, 0.4) is 0 Å². The Labute approximate surface area is 97.0 Å². The molecule has 0 aliphatic carbocycles. The number of phenols is 1. The van der Waals surface area contributed by atoms with E-state index in [-0.39, 0.29) is 17.9 Å². The molecule has 0 fully saturated rings. The van der Waals surface area contributed by atoms with Gasteiger partial charge < -0.3 is 15.6 Å². The molecule has 2 atom stereocenters. The number of esters is 1. The number of hydrogen-bond acceptors (Lipinski definition) is 4. The van der Waals surface area contributed by atoms with E-state index in [0.717, 1.165) is 18.2 Å². The molecule has 0 bridgehead atoms. The fraction of sp³-hybridized carbons (Fsp3) is 0.364. The zero-order chi connectivity index (χ0) is 13.0. The second-order valence-electron chi connectivity index (χ2n) is 3.39. The molecule has 0 saturated heterocycles. The Morgan fingerprint density at radius 2 is 2.24 bits per heavy atom. The SMILES string of the molecule is CCOC(=O)C(F)[C@@H](N)c1ccc(O)cc1F. The summed E-state index contributed by atoms with van der Waals surface area (Å²) < 4.78 is 31.3. The summed E-state index contributed by atoms with van der Waals surface area (Å²) in [7, 11) is 0. The van der Waals surface area contributed by atoms with E-state index in [0.29, 0.717) is 0 Å². The number of nitrogens with two attached hydrogens (primary N) is 1. The largest absolute Gasteiger partial charge is 0.508 e. The van der Waals surface area contributed by atoms with Crippen molar-refractivity contribution in [3.63, 3.8) is 0 Å². The van der Waals surface area contributed by atoms with Gasteiger partial charge in [-0.2, -0.15) is 0 Å². The maximum atomic E-state index is 13.5. The van der Waals surface area contributed by atoms with E-state index in [4.69, 9.17) is 10.8 Å². The molecule has 1 aromatic carbocycles. The minimum absolute atomic E-state index is 0.0179. The molecule has 6 heteroatoms. The van der Waals surface area contributed by atoms with Gasteiger partial charge in [0, 0.05) is 11.6 Å². The van der Waals surface area contributed by atoms with Crippen LogP contribution in [0.5, 0.6) is 5.75 Å². The van der Waals surface area contributed by atoms with Crippen LogP contribution in [0.2, 0.25) is 0 Å². The summed E-state index contributed by atoms with van der Waals surface area (Å²) in [5.74, 6) is -2.30. The van der Waals surface area contributed by atoms with E-state index >= 15 is 0 Å². The van der Waals surface area contributed by atoms with Gasteiger partial charge in [-0.05, 0) is 13.0 Å². The van der Waals surface area contributed by atoms with E-state index in [1.807, 2.05) is 0 Å². The van der Waals surface area contributed by atoms with Gasteiger partial charge in [0.25, 0.3) is 0 Å². The molecule has 0 heterocycles. The second kappa shape index (κ2) is 5.58. The number of rotatable bonds is 4. The van der Waals surface area contributed by atoms with Crippen molar-refractivity contribution in [2.24, 2.45) is 5.73 Å². The molecule has 0 aromatic heterocycles. The molecule has 1 rings (SSSR count). The Kier molecular flexibility index (Phi) is 4.39. The molecule has 4 nitrogen and oxygen atoms in total. The smallest absolute Gasteiger partial charge is 0.342 e.